The number of hydrogen-bond donors (Lipinski definition) is 1. The van der Waals surface area contributed by atoms with Crippen LogP contribution < -0.4 is 10.1 Å². The van der Waals surface area contributed by atoms with Crippen LogP contribution in [0.1, 0.15) is 45.5 Å². The number of aromatic nitrogens is 3. The predicted molar refractivity (Wildman–Crippen MR) is 128 cm³/mol. The first-order valence-corrected chi connectivity index (χ1v) is 12.6. The standard InChI is InChI=1S/C23H26N4O4S2/c1-4-14-8-10-15(11-9-14)31-12-18-25-26-23(27(18)2)32-13-19(28)24-21-20(22(29)30-3)16-6-5-7-17(16)33-21/h8-11H,4-7,12-13H2,1-3H3,(H,24,28). The van der Waals surface area contributed by atoms with Crippen molar-refractivity contribution in [2.45, 2.75) is 44.4 Å². The Morgan fingerprint density at radius 2 is 2.00 bits per heavy atom. The third kappa shape index (κ3) is 5.22. The molecule has 0 atom stereocenters. The molecule has 0 fully saturated rings. The molecule has 0 spiro atoms. The minimum absolute atomic E-state index is 0.147. The maximum atomic E-state index is 12.6. The third-order valence-corrected chi connectivity index (χ3v) is 7.75. The molecular weight excluding hydrogens is 460 g/mol. The van der Waals surface area contributed by atoms with E-state index >= 15 is 0 Å². The van der Waals surface area contributed by atoms with E-state index in [1.54, 1.807) is 0 Å². The molecule has 0 bridgehead atoms. The molecule has 1 N–H and O–H groups in total. The highest BCUT2D eigenvalue weighted by molar-refractivity contribution is 7.99. The van der Waals surface area contributed by atoms with Crippen molar-refractivity contribution in [1.82, 2.24) is 14.8 Å². The van der Waals surface area contributed by atoms with E-state index in [0.29, 0.717) is 21.5 Å². The molecule has 0 saturated heterocycles. The van der Waals surface area contributed by atoms with Crippen molar-refractivity contribution in [2.75, 3.05) is 18.2 Å². The topological polar surface area (TPSA) is 95.3 Å². The van der Waals surface area contributed by atoms with Gasteiger partial charge in [0.1, 0.15) is 17.4 Å². The molecule has 0 saturated carbocycles. The molecule has 174 valence electrons. The van der Waals surface area contributed by atoms with E-state index in [2.05, 4.69) is 22.4 Å². The smallest absolute Gasteiger partial charge is 0.341 e. The SMILES string of the molecule is CCc1ccc(OCc2nnc(SCC(=O)Nc3sc4c(c3C(=O)OC)CCC4)n2C)cc1. The van der Waals surface area contributed by atoms with Crippen LogP contribution in [-0.2, 0) is 42.4 Å². The summed E-state index contributed by atoms with van der Waals surface area (Å²) in [6, 6.07) is 7.97. The van der Waals surface area contributed by atoms with Crippen LogP contribution in [0.25, 0.3) is 0 Å². The van der Waals surface area contributed by atoms with E-state index in [1.165, 1.54) is 35.8 Å². The number of amides is 1. The van der Waals surface area contributed by atoms with E-state index in [1.807, 2.05) is 35.9 Å². The van der Waals surface area contributed by atoms with Crippen molar-refractivity contribution < 1.29 is 19.1 Å². The summed E-state index contributed by atoms with van der Waals surface area (Å²) in [4.78, 5) is 26.0. The van der Waals surface area contributed by atoms with Crippen molar-refractivity contribution >= 4 is 40.0 Å². The minimum Gasteiger partial charge on any atom is -0.486 e. The highest BCUT2D eigenvalue weighted by atomic mass is 32.2. The Morgan fingerprint density at radius 3 is 2.73 bits per heavy atom. The minimum atomic E-state index is -0.403. The number of hydrogen-bond acceptors (Lipinski definition) is 8. The second kappa shape index (κ2) is 10.4. The molecule has 2 aromatic heterocycles. The lowest BCUT2D eigenvalue weighted by Gasteiger charge is -2.08. The number of thiophene rings is 1. The van der Waals surface area contributed by atoms with Crippen molar-refractivity contribution in [3.05, 3.63) is 51.7 Å². The van der Waals surface area contributed by atoms with Crippen molar-refractivity contribution in [3.8, 4) is 5.75 Å². The molecule has 1 aliphatic rings. The van der Waals surface area contributed by atoms with Gasteiger partial charge < -0.3 is 19.4 Å². The van der Waals surface area contributed by atoms with Gasteiger partial charge in [-0.25, -0.2) is 4.79 Å². The first-order chi connectivity index (χ1) is 16.0. The van der Waals surface area contributed by atoms with Crippen molar-refractivity contribution in [1.29, 1.82) is 0 Å². The molecule has 1 aliphatic carbocycles. The van der Waals surface area contributed by atoms with E-state index in [0.717, 1.165) is 41.9 Å². The Bertz CT molecular complexity index is 1150. The summed E-state index contributed by atoms with van der Waals surface area (Å²) < 4.78 is 12.6. The highest BCUT2D eigenvalue weighted by Gasteiger charge is 2.28. The normalized spacial score (nSPS) is 12.5. The van der Waals surface area contributed by atoms with E-state index in [9.17, 15) is 9.59 Å². The van der Waals surface area contributed by atoms with Gasteiger partial charge in [0.25, 0.3) is 0 Å². The molecule has 33 heavy (non-hydrogen) atoms. The summed E-state index contributed by atoms with van der Waals surface area (Å²) in [6.07, 6.45) is 3.78. The highest BCUT2D eigenvalue weighted by Crippen LogP contribution is 2.39. The average Bonchev–Trinajstić information content (AvgIpc) is 3.51. The van der Waals surface area contributed by atoms with Gasteiger partial charge in [0.05, 0.1) is 18.4 Å². The molecule has 10 heteroatoms. The summed E-state index contributed by atoms with van der Waals surface area (Å²) >= 11 is 2.75. The number of rotatable bonds is 9. The average molecular weight is 487 g/mol. The number of aryl methyl sites for hydroxylation is 2. The molecule has 0 aliphatic heterocycles. The number of anilines is 1. The zero-order valence-electron chi connectivity index (χ0n) is 18.8. The molecule has 1 aromatic carbocycles. The fraction of sp³-hybridized carbons (Fsp3) is 0.391. The Balaban J connectivity index is 1.34. The van der Waals surface area contributed by atoms with Gasteiger partial charge in [-0.2, -0.15) is 0 Å². The molecule has 0 unspecified atom stereocenters. The number of nitrogens with one attached hydrogen (secondary N) is 1. The number of ether oxygens (including phenoxy) is 2. The number of fused-ring (bicyclic) bond motifs is 1. The first-order valence-electron chi connectivity index (χ1n) is 10.8. The van der Waals surface area contributed by atoms with Gasteiger partial charge in [0.15, 0.2) is 11.0 Å². The second-order valence-electron chi connectivity index (χ2n) is 7.63. The number of benzene rings is 1. The molecule has 2 heterocycles. The van der Waals surface area contributed by atoms with Gasteiger partial charge in [0, 0.05) is 11.9 Å². The predicted octanol–water partition coefficient (Wildman–Crippen LogP) is 4.02. The Morgan fingerprint density at radius 1 is 1.21 bits per heavy atom. The van der Waals surface area contributed by atoms with Gasteiger partial charge in [-0.3, -0.25) is 4.79 Å². The van der Waals surface area contributed by atoms with Gasteiger partial charge in [-0.1, -0.05) is 30.8 Å². The molecule has 8 nitrogen and oxygen atoms in total. The number of thioether (sulfide) groups is 1. The Kier molecular flexibility index (Phi) is 7.34. The summed E-state index contributed by atoms with van der Waals surface area (Å²) in [7, 11) is 3.21. The fourth-order valence-electron chi connectivity index (χ4n) is 3.67. The second-order valence-corrected chi connectivity index (χ2v) is 9.68. The van der Waals surface area contributed by atoms with Crippen LogP contribution in [0.5, 0.6) is 5.75 Å². The van der Waals surface area contributed by atoms with Crippen LogP contribution in [0.15, 0.2) is 29.4 Å². The van der Waals surface area contributed by atoms with Crippen LogP contribution >= 0.6 is 23.1 Å². The Labute approximate surface area is 200 Å². The molecule has 4 rings (SSSR count). The summed E-state index contributed by atoms with van der Waals surface area (Å²) in [5.41, 5.74) is 2.76. The van der Waals surface area contributed by atoms with Gasteiger partial charge >= 0.3 is 5.97 Å². The van der Waals surface area contributed by atoms with E-state index in [-0.39, 0.29) is 18.3 Å². The number of carbonyl (C=O) groups is 2. The number of esters is 1. The number of nitrogens with zero attached hydrogens (tertiary/aromatic N) is 3. The van der Waals surface area contributed by atoms with Gasteiger partial charge in [0.2, 0.25) is 5.91 Å². The zero-order valence-corrected chi connectivity index (χ0v) is 20.5. The molecule has 1 amide bonds. The quantitative estimate of drug-likeness (QED) is 0.360. The maximum Gasteiger partial charge on any atom is 0.341 e. The summed E-state index contributed by atoms with van der Waals surface area (Å²) in [5, 5.41) is 12.4. The lowest BCUT2D eigenvalue weighted by atomic mass is 10.1. The summed E-state index contributed by atoms with van der Waals surface area (Å²) in [5.74, 6) is 0.976. The van der Waals surface area contributed by atoms with Crippen LogP contribution in [-0.4, -0.2) is 39.5 Å². The maximum absolute atomic E-state index is 12.6. The lowest BCUT2D eigenvalue weighted by molar-refractivity contribution is -0.113. The third-order valence-electron chi connectivity index (χ3n) is 5.52. The van der Waals surface area contributed by atoms with E-state index < -0.39 is 5.97 Å². The monoisotopic (exact) mass is 486 g/mol. The number of carbonyl (C=O) groups excluding carboxylic acids is 2. The lowest BCUT2D eigenvalue weighted by Crippen LogP contribution is -2.16. The fourth-order valence-corrected chi connectivity index (χ4v) is 5.69. The molecule has 3 aromatic rings. The van der Waals surface area contributed by atoms with Crippen molar-refractivity contribution in [2.24, 2.45) is 7.05 Å². The number of methoxy groups -OCH3 is 1. The largest absolute Gasteiger partial charge is 0.486 e. The van der Waals surface area contributed by atoms with Crippen LogP contribution in [0.2, 0.25) is 0 Å². The zero-order chi connectivity index (χ0) is 23.4. The first kappa shape index (κ1) is 23.3. The van der Waals surface area contributed by atoms with Crippen LogP contribution in [0, 0.1) is 0 Å². The van der Waals surface area contributed by atoms with Gasteiger partial charge in [-0.05, 0) is 48.9 Å². The Hall–Kier alpha value is -2.85. The van der Waals surface area contributed by atoms with Crippen LogP contribution in [0.3, 0.4) is 0 Å². The summed E-state index contributed by atoms with van der Waals surface area (Å²) in [6.45, 7) is 2.39. The van der Waals surface area contributed by atoms with Gasteiger partial charge in [-0.15, -0.1) is 21.5 Å². The van der Waals surface area contributed by atoms with Crippen LogP contribution in [0.4, 0.5) is 5.00 Å². The van der Waals surface area contributed by atoms with Crippen molar-refractivity contribution in [3.63, 3.8) is 0 Å². The molecular formula is C23H26N4O4S2. The molecule has 0 radical (unpaired) electrons. The van der Waals surface area contributed by atoms with E-state index in [4.69, 9.17) is 9.47 Å².